The van der Waals surface area contributed by atoms with Crippen molar-refractivity contribution in [2.75, 3.05) is 20.2 Å². The van der Waals surface area contributed by atoms with Gasteiger partial charge in [0, 0.05) is 26.7 Å². The third kappa shape index (κ3) is 2.86. The molecule has 1 aromatic heterocycles. The quantitative estimate of drug-likeness (QED) is 0.782. The minimum atomic E-state index is 0.331. The maximum absolute atomic E-state index is 6.07. The van der Waals surface area contributed by atoms with Crippen LogP contribution in [0.4, 0.5) is 0 Å². The Labute approximate surface area is 105 Å². The summed E-state index contributed by atoms with van der Waals surface area (Å²) < 4.78 is 5.31. The lowest BCUT2D eigenvalue weighted by molar-refractivity contribution is 0.107. The lowest BCUT2D eigenvalue weighted by atomic mass is 10.3. The third-order valence-corrected chi connectivity index (χ3v) is 3.38. The highest BCUT2D eigenvalue weighted by Crippen LogP contribution is 2.21. The van der Waals surface area contributed by atoms with Crippen LogP contribution in [0.3, 0.4) is 0 Å². The molecule has 0 aliphatic carbocycles. The van der Waals surface area contributed by atoms with Gasteiger partial charge in [0.15, 0.2) is 0 Å². The topological polar surface area (TPSA) is 25.4 Å². The molecular formula is C11H14Cl2N2O. The van der Waals surface area contributed by atoms with E-state index in [0.717, 1.165) is 31.7 Å². The van der Waals surface area contributed by atoms with E-state index in [0.29, 0.717) is 16.3 Å². The van der Waals surface area contributed by atoms with E-state index in [2.05, 4.69) is 9.88 Å². The number of methoxy groups -OCH3 is 1. The van der Waals surface area contributed by atoms with Gasteiger partial charge in [0.1, 0.15) is 5.15 Å². The molecule has 5 heteroatoms. The second-order valence-corrected chi connectivity index (χ2v) is 4.74. The Kier molecular flexibility index (Phi) is 4.03. The number of hydrogen-bond acceptors (Lipinski definition) is 3. The van der Waals surface area contributed by atoms with Crippen LogP contribution in [0.15, 0.2) is 12.1 Å². The molecule has 1 saturated heterocycles. The summed E-state index contributed by atoms with van der Waals surface area (Å²) in [6.07, 6.45) is 1.40. The summed E-state index contributed by atoms with van der Waals surface area (Å²) in [4.78, 5) is 6.51. The number of hydrogen-bond donors (Lipinski definition) is 0. The molecule has 16 heavy (non-hydrogen) atoms. The van der Waals surface area contributed by atoms with Crippen molar-refractivity contribution in [1.82, 2.24) is 9.88 Å². The van der Waals surface area contributed by atoms with Crippen molar-refractivity contribution in [3.63, 3.8) is 0 Å². The number of pyridine rings is 1. The molecule has 0 radical (unpaired) electrons. The Hall–Kier alpha value is -0.350. The van der Waals surface area contributed by atoms with E-state index >= 15 is 0 Å². The molecule has 0 bridgehead atoms. The maximum Gasteiger partial charge on any atom is 0.129 e. The van der Waals surface area contributed by atoms with Crippen LogP contribution in [-0.4, -0.2) is 36.2 Å². The van der Waals surface area contributed by atoms with Crippen molar-refractivity contribution in [3.05, 3.63) is 28.0 Å². The number of nitrogens with zero attached hydrogens (tertiary/aromatic N) is 2. The first-order valence-corrected chi connectivity index (χ1v) is 6.00. The average molecular weight is 261 g/mol. The summed E-state index contributed by atoms with van der Waals surface area (Å²) in [5, 5.41) is 1.16. The number of rotatable bonds is 3. The Morgan fingerprint density at radius 1 is 1.50 bits per heavy atom. The molecule has 1 fully saturated rings. The molecule has 0 amide bonds. The van der Waals surface area contributed by atoms with Gasteiger partial charge in [-0.05, 0) is 18.6 Å². The van der Waals surface area contributed by atoms with Crippen molar-refractivity contribution < 1.29 is 4.74 Å². The summed E-state index contributed by atoms with van der Waals surface area (Å²) in [6.45, 7) is 2.68. The highest BCUT2D eigenvalue weighted by Gasteiger charge is 2.22. The van der Waals surface area contributed by atoms with E-state index in [9.17, 15) is 0 Å². The zero-order valence-electron chi connectivity index (χ0n) is 9.12. The molecule has 2 heterocycles. The Morgan fingerprint density at radius 3 is 3.00 bits per heavy atom. The van der Waals surface area contributed by atoms with Crippen LogP contribution in [-0.2, 0) is 11.3 Å². The van der Waals surface area contributed by atoms with E-state index < -0.39 is 0 Å². The molecule has 1 atom stereocenters. The largest absolute Gasteiger partial charge is 0.380 e. The van der Waals surface area contributed by atoms with Crippen LogP contribution in [0.2, 0.25) is 10.2 Å². The molecule has 1 aliphatic heterocycles. The van der Waals surface area contributed by atoms with Gasteiger partial charge in [-0.2, -0.15) is 0 Å². The number of ether oxygens (including phenoxy) is 1. The summed E-state index contributed by atoms with van der Waals surface area (Å²) in [7, 11) is 1.75. The first-order chi connectivity index (χ1) is 7.69. The van der Waals surface area contributed by atoms with Crippen molar-refractivity contribution in [2.45, 2.75) is 19.1 Å². The van der Waals surface area contributed by atoms with Crippen LogP contribution in [0.1, 0.15) is 12.1 Å². The van der Waals surface area contributed by atoms with Gasteiger partial charge in [-0.15, -0.1) is 0 Å². The first kappa shape index (κ1) is 12.1. The van der Waals surface area contributed by atoms with Crippen LogP contribution < -0.4 is 0 Å². The van der Waals surface area contributed by atoms with Gasteiger partial charge >= 0.3 is 0 Å². The van der Waals surface area contributed by atoms with E-state index in [1.807, 2.05) is 0 Å². The average Bonchev–Trinajstić information content (AvgIpc) is 2.71. The zero-order valence-corrected chi connectivity index (χ0v) is 10.6. The van der Waals surface area contributed by atoms with Gasteiger partial charge in [0.25, 0.3) is 0 Å². The lowest BCUT2D eigenvalue weighted by Crippen LogP contribution is -2.23. The van der Waals surface area contributed by atoms with E-state index in [-0.39, 0.29) is 0 Å². The van der Waals surface area contributed by atoms with Gasteiger partial charge in [0.05, 0.1) is 16.8 Å². The molecule has 88 valence electrons. The predicted molar refractivity (Wildman–Crippen MR) is 64.9 cm³/mol. The lowest BCUT2D eigenvalue weighted by Gasteiger charge is -2.15. The van der Waals surface area contributed by atoms with Gasteiger partial charge in [-0.3, -0.25) is 4.90 Å². The van der Waals surface area contributed by atoms with Crippen LogP contribution >= 0.6 is 23.2 Å². The fraction of sp³-hybridized carbons (Fsp3) is 0.545. The summed E-state index contributed by atoms with van der Waals surface area (Å²) in [5.41, 5.74) is 0.839. The second kappa shape index (κ2) is 5.32. The molecule has 1 unspecified atom stereocenters. The molecule has 1 aliphatic rings. The summed E-state index contributed by atoms with van der Waals surface area (Å²) in [6, 6.07) is 3.49. The van der Waals surface area contributed by atoms with E-state index in [4.69, 9.17) is 27.9 Å². The van der Waals surface area contributed by atoms with Gasteiger partial charge in [-0.25, -0.2) is 4.98 Å². The summed E-state index contributed by atoms with van der Waals surface area (Å²) >= 11 is 11.9. The van der Waals surface area contributed by atoms with Gasteiger partial charge in [-0.1, -0.05) is 23.2 Å². The minimum Gasteiger partial charge on any atom is -0.380 e. The van der Waals surface area contributed by atoms with Crippen molar-refractivity contribution in [2.24, 2.45) is 0 Å². The first-order valence-electron chi connectivity index (χ1n) is 5.25. The van der Waals surface area contributed by atoms with E-state index in [1.165, 1.54) is 0 Å². The highest BCUT2D eigenvalue weighted by atomic mass is 35.5. The van der Waals surface area contributed by atoms with E-state index in [1.54, 1.807) is 19.2 Å². The fourth-order valence-electron chi connectivity index (χ4n) is 1.91. The zero-order chi connectivity index (χ0) is 11.5. The van der Waals surface area contributed by atoms with Gasteiger partial charge in [0.2, 0.25) is 0 Å². The van der Waals surface area contributed by atoms with Crippen molar-refractivity contribution in [1.29, 1.82) is 0 Å². The smallest absolute Gasteiger partial charge is 0.129 e. The second-order valence-electron chi connectivity index (χ2n) is 3.94. The molecule has 1 aromatic rings. The van der Waals surface area contributed by atoms with Crippen LogP contribution in [0.25, 0.3) is 0 Å². The molecule has 0 saturated carbocycles. The normalized spacial score (nSPS) is 21.6. The predicted octanol–water partition coefficient (Wildman–Crippen LogP) is 2.61. The van der Waals surface area contributed by atoms with Crippen LogP contribution in [0, 0.1) is 0 Å². The number of likely N-dealkylation sites (tertiary alicyclic amines) is 1. The summed E-state index contributed by atoms with van der Waals surface area (Å²) in [5.74, 6) is 0. The maximum atomic E-state index is 6.07. The monoisotopic (exact) mass is 260 g/mol. The number of halogens is 2. The number of aromatic nitrogens is 1. The Balaban J connectivity index is 2.01. The highest BCUT2D eigenvalue weighted by molar-refractivity contribution is 6.32. The minimum absolute atomic E-state index is 0.331. The molecule has 3 nitrogen and oxygen atoms in total. The molecule has 0 spiro atoms. The standard InChI is InChI=1S/C11H14Cl2N2O/c1-16-8-4-5-15(6-8)7-10-9(12)2-3-11(13)14-10/h2-3,8H,4-7H2,1H3. The fourth-order valence-corrected chi connectivity index (χ4v) is 2.24. The Morgan fingerprint density at radius 2 is 2.31 bits per heavy atom. The third-order valence-electron chi connectivity index (χ3n) is 2.82. The molecule has 0 aromatic carbocycles. The molecule has 2 rings (SSSR count). The van der Waals surface area contributed by atoms with Crippen molar-refractivity contribution >= 4 is 23.2 Å². The van der Waals surface area contributed by atoms with Gasteiger partial charge < -0.3 is 4.74 Å². The Bertz CT molecular complexity index is 373. The SMILES string of the molecule is COC1CCN(Cc2nc(Cl)ccc2Cl)C1. The van der Waals surface area contributed by atoms with Crippen LogP contribution in [0.5, 0.6) is 0 Å². The molecule has 0 N–H and O–H groups in total. The molecular weight excluding hydrogens is 247 g/mol. The van der Waals surface area contributed by atoms with Crippen molar-refractivity contribution in [3.8, 4) is 0 Å².